The van der Waals surface area contributed by atoms with Gasteiger partial charge in [-0.15, -0.1) is 0 Å². The number of aryl methyl sites for hydroxylation is 2. The van der Waals surface area contributed by atoms with Crippen LogP contribution in [-0.4, -0.2) is 18.2 Å². The van der Waals surface area contributed by atoms with Gasteiger partial charge in [-0.3, -0.25) is 9.40 Å². The monoisotopic (exact) mass is 319 g/mol. The summed E-state index contributed by atoms with van der Waals surface area (Å²) in [6.45, 7) is 3.68. The molecule has 0 aliphatic heterocycles. The molecule has 1 aliphatic carbocycles. The van der Waals surface area contributed by atoms with Gasteiger partial charge in [0.15, 0.2) is 0 Å². The molecule has 3 rings (SSSR count). The van der Waals surface area contributed by atoms with Crippen molar-refractivity contribution in [1.82, 2.24) is 9.78 Å². The number of hydrogen-bond acceptors (Lipinski definition) is 3. The molecule has 0 spiro atoms. The van der Waals surface area contributed by atoms with Crippen LogP contribution in [-0.2, 0) is 10.0 Å². The number of nitrogens with one attached hydrogen (secondary N) is 1. The van der Waals surface area contributed by atoms with Gasteiger partial charge in [0.25, 0.3) is 10.0 Å². The molecule has 1 heterocycles. The Morgan fingerprint density at radius 1 is 1.23 bits per heavy atom. The lowest BCUT2D eigenvalue weighted by Gasteiger charge is -2.09. The fourth-order valence-electron chi connectivity index (χ4n) is 3.00. The summed E-state index contributed by atoms with van der Waals surface area (Å²) in [7, 11) is -3.60. The van der Waals surface area contributed by atoms with Crippen molar-refractivity contribution in [3.05, 3.63) is 41.7 Å². The van der Waals surface area contributed by atoms with Crippen molar-refractivity contribution in [1.29, 1.82) is 0 Å². The van der Waals surface area contributed by atoms with Crippen molar-refractivity contribution < 1.29 is 8.42 Å². The predicted molar refractivity (Wildman–Crippen MR) is 86.5 cm³/mol. The molecular formula is C16H21N3O2S. The Morgan fingerprint density at radius 2 is 1.95 bits per heavy atom. The number of anilines is 1. The molecule has 6 heteroatoms. The van der Waals surface area contributed by atoms with Gasteiger partial charge in [0.1, 0.15) is 4.90 Å². The zero-order chi connectivity index (χ0) is 15.7. The summed E-state index contributed by atoms with van der Waals surface area (Å²) in [5.74, 6) is 0. The second-order valence-electron chi connectivity index (χ2n) is 5.97. The van der Waals surface area contributed by atoms with Crippen LogP contribution in [0.1, 0.15) is 43.0 Å². The first-order valence-corrected chi connectivity index (χ1v) is 9.09. The second kappa shape index (κ2) is 5.76. The maximum absolute atomic E-state index is 12.6. The van der Waals surface area contributed by atoms with Crippen LogP contribution in [0.2, 0.25) is 0 Å². The third-order valence-electron chi connectivity index (χ3n) is 4.13. The smallest absolute Gasteiger partial charge is 0.265 e. The van der Waals surface area contributed by atoms with Crippen LogP contribution < -0.4 is 4.72 Å². The van der Waals surface area contributed by atoms with Crippen LogP contribution in [0.3, 0.4) is 0 Å². The molecule has 0 atom stereocenters. The SMILES string of the molecule is Cc1cccc(NS(=O)(=O)c2cn(C3CCCC3)nc2C)c1. The van der Waals surface area contributed by atoms with E-state index in [1.807, 2.05) is 29.8 Å². The second-order valence-corrected chi connectivity index (χ2v) is 7.62. The minimum absolute atomic E-state index is 0.265. The first-order chi connectivity index (χ1) is 10.5. The number of benzene rings is 1. The molecule has 22 heavy (non-hydrogen) atoms. The Morgan fingerprint density at radius 3 is 2.64 bits per heavy atom. The average Bonchev–Trinajstić information content (AvgIpc) is 3.07. The first kappa shape index (κ1) is 15.1. The molecule has 5 nitrogen and oxygen atoms in total. The molecule has 1 fully saturated rings. The van der Waals surface area contributed by atoms with Crippen LogP contribution in [0.4, 0.5) is 5.69 Å². The minimum atomic E-state index is -3.60. The van der Waals surface area contributed by atoms with Crippen molar-refractivity contribution in [2.75, 3.05) is 4.72 Å². The standard InChI is InChI=1S/C16H21N3O2S/c1-12-6-5-7-14(10-12)18-22(20,21)16-11-19(17-13(16)2)15-8-3-4-9-15/h5-7,10-11,15,18H,3-4,8-9H2,1-2H3. The molecule has 1 N–H and O–H groups in total. The van der Waals surface area contributed by atoms with E-state index in [-0.39, 0.29) is 4.90 Å². The molecule has 0 radical (unpaired) electrons. The van der Waals surface area contributed by atoms with Crippen molar-refractivity contribution in [3.8, 4) is 0 Å². The Bertz CT molecular complexity index is 774. The number of nitrogens with zero attached hydrogens (tertiary/aromatic N) is 2. The molecule has 2 aromatic rings. The molecule has 1 saturated carbocycles. The number of aromatic nitrogens is 2. The van der Waals surface area contributed by atoms with Crippen LogP contribution in [0.25, 0.3) is 0 Å². The van der Waals surface area contributed by atoms with Crippen molar-refractivity contribution >= 4 is 15.7 Å². The molecule has 0 unspecified atom stereocenters. The van der Waals surface area contributed by atoms with E-state index in [0.29, 0.717) is 17.4 Å². The van der Waals surface area contributed by atoms with Gasteiger partial charge in [-0.25, -0.2) is 8.42 Å². The van der Waals surface area contributed by atoms with E-state index in [1.165, 1.54) is 12.8 Å². The highest BCUT2D eigenvalue weighted by atomic mass is 32.2. The van der Waals surface area contributed by atoms with Crippen LogP contribution in [0, 0.1) is 13.8 Å². The van der Waals surface area contributed by atoms with E-state index in [4.69, 9.17) is 0 Å². The molecule has 0 amide bonds. The third kappa shape index (κ3) is 3.02. The van der Waals surface area contributed by atoms with Gasteiger partial charge in [-0.05, 0) is 44.4 Å². The minimum Gasteiger partial charge on any atom is -0.280 e. The normalized spacial score (nSPS) is 16.1. The number of sulfonamides is 1. The van der Waals surface area contributed by atoms with Crippen LogP contribution in [0.5, 0.6) is 0 Å². The number of rotatable bonds is 4. The summed E-state index contributed by atoms with van der Waals surface area (Å²) in [5.41, 5.74) is 2.14. The van der Waals surface area contributed by atoms with Gasteiger partial charge in [0, 0.05) is 11.9 Å². The lowest BCUT2D eigenvalue weighted by Crippen LogP contribution is -2.13. The summed E-state index contributed by atoms with van der Waals surface area (Å²) in [6, 6.07) is 7.67. The van der Waals surface area contributed by atoms with Crippen molar-refractivity contribution in [2.45, 2.75) is 50.5 Å². The summed E-state index contributed by atoms with van der Waals surface area (Å²) in [6.07, 6.45) is 6.20. The van der Waals surface area contributed by atoms with E-state index in [1.54, 1.807) is 19.2 Å². The van der Waals surface area contributed by atoms with E-state index in [9.17, 15) is 8.42 Å². The zero-order valence-electron chi connectivity index (χ0n) is 12.9. The zero-order valence-corrected chi connectivity index (χ0v) is 13.7. The highest BCUT2D eigenvalue weighted by molar-refractivity contribution is 7.92. The Labute approximate surface area is 131 Å². The summed E-state index contributed by atoms with van der Waals surface area (Å²) >= 11 is 0. The van der Waals surface area contributed by atoms with Gasteiger partial charge in [-0.2, -0.15) is 5.10 Å². The number of hydrogen-bond donors (Lipinski definition) is 1. The van der Waals surface area contributed by atoms with E-state index in [0.717, 1.165) is 18.4 Å². The quantitative estimate of drug-likeness (QED) is 0.939. The Hall–Kier alpha value is -1.82. The van der Waals surface area contributed by atoms with Gasteiger partial charge < -0.3 is 0 Å². The summed E-state index contributed by atoms with van der Waals surface area (Å²) < 4.78 is 29.7. The van der Waals surface area contributed by atoms with Crippen molar-refractivity contribution in [3.63, 3.8) is 0 Å². The van der Waals surface area contributed by atoms with Crippen LogP contribution in [0.15, 0.2) is 35.4 Å². The maximum atomic E-state index is 12.6. The lowest BCUT2D eigenvalue weighted by atomic mass is 10.2. The van der Waals surface area contributed by atoms with E-state index in [2.05, 4.69) is 9.82 Å². The van der Waals surface area contributed by atoms with Crippen molar-refractivity contribution in [2.24, 2.45) is 0 Å². The molecule has 1 aliphatic rings. The molecule has 118 valence electrons. The molecule has 1 aromatic carbocycles. The van der Waals surface area contributed by atoms with Crippen LogP contribution >= 0.6 is 0 Å². The molecule has 0 saturated heterocycles. The summed E-state index contributed by atoms with van der Waals surface area (Å²) in [4.78, 5) is 0.265. The molecule has 1 aromatic heterocycles. The Kier molecular flexibility index (Phi) is 3.95. The largest absolute Gasteiger partial charge is 0.280 e. The highest BCUT2D eigenvalue weighted by Gasteiger charge is 2.24. The van der Waals surface area contributed by atoms with E-state index >= 15 is 0 Å². The highest BCUT2D eigenvalue weighted by Crippen LogP contribution is 2.30. The fourth-order valence-corrected chi connectivity index (χ4v) is 4.23. The van der Waals surface area contributed by atoms with Gasteiger partial charge >= 0.3 is 0 Å². The lowest BCUT2D eigenvalue weighted by molar-refractivity contribution is 0.464. The van der Waals surface area contributed by atoms with Gasteiger partial charge in [0.05, 0.1) is 11.7 Å². The maximum Gasteiger partial charge on any atom is 0.265 e. The van der Waals surface area contributed by atoms with E-state index < -0.39 is 10.0 Å². The molecular weight excluding hydrogens is 298 g/mol. The predicted octanol–water partition coefficient (Wildman–Crippen LogP) is 3.42. The van der Waals surface area contributed by atoms with Gasteiger partial charge in [0.2, 0.25) is 0 Å². The Balaban J connectivity index is 1.88. The summed E-state index contributed by atoms with van der Waals surface area (Å²) in [5, 5.41) is 4.42. The van der Waals surface area contributed by atoms with Gasteiger partial charge in [-0.1, -0.05) is 25.0 Å². The first-order valence-electron chi connectivity index (χ1n) is 7.61. The fraction of sp³-hybridized carbons (Fsp3) is 0.438. The third-order valence-corrected chi connectivity index (χ3v) is 5.61. The molecule has 0 bridgehead atoms. The average molecular weight is 319 g/mol. The topological polar surface area (TPSA) is 64.0 Å².